The van der Waals surface area contributed by atoms with Gasteiger partial charge in [-0.1, -0.05) is 176 Å². The molecule has 0 atom stereocenters. The summed E-state index contributed by atoms with van der Waals surface area (Å²) in [4.78, 5) is 14.7. The molecule has 1 aliphatic heterocycles. The maximum absolute atomic E-state index is 6.47. The second-order valence-corrected chi connectivity index (χ2v) is 14.3. The van der Waals surface area contributed by atoms with Gasteiger partial charge in [-0.25, -0.2) is 15.0 Å². The molecular weight excluding hydrogens is 699 g/mol. The summed E-state index contributed by atoms with van der Waals surface area (Å²) in [5, 5.41) is 0. The molecule has 0 bridgehead atoms. The van der Waals surface area contributed by atoms with Crippen LogP contribution >= 0.6 is 0 Å². The summed E-state index contributed by atoms with van der Waals surface area (Å²) >= 11 is 0. The molecule has 0 radical (unpaired) electrons. The van der Waals surface area contributed by atoms with Crippen LogP contribution in [0.15, 0.2) is 200 Å². The van der Waals surface area contributed by atoms with E-state index in [9.17, 15) is 0 Å². The zero-order valence-electron chi connectivity index (χ0n) is 30.7. The lowest BCUT2D eigenvalue weighted by Gasteiger charge is -2.34. The van der Waals surface area contributed by atoms with Gasteiger partial charge in [-0.05, 0) is 68.8 Å². The van der Waals surface area contributed by atoms with Crippen LogP contribution in [0, 0.1) is 0 Å². The average Bonchev–Trinajstić information content (AvgIpc) is 3.60. The zero-order valence-corrected chi connectivity index (χ0v) is 30.7. The Hall–Kier alpha value is -7.63. The van der Waals surface area contributed by atoms with Crippen LogP contribution in [0.3, 0.4) is 0 Å². The highest BCUT2D eigenvalue weighted by atomic mass is 16.6. The summed E-state index contributed by atoms with van der Waals surface area (Å²) in [7, 11) is 0. The van der Waals surface area contributed by atoms with Crippen LogP contribution in [0.25, 0.3) is 56.4 Å². The van der Waals surface area contributed by atoms with Crippen LogP contribution in [0.5, 0.6) is 23.0 Å². The van der Waals surface area contributed by atoms with E-state index in [-0.39, 0.29) is 0 Å². The minimum Gasteiger partial charge on any atom is -0.450 e. The molecule has 1 aromatic heterocycles. The first-order chi connectivity index (χ1) is 28.2. The van der Waals surface area contributed by atoms with E-state index in [2.05, 4.69) is 109 Å². The number of hydrogen-bond donors (Lipinski definition) is 0. The molecular formula is C52H33N3O2. The summed E-state index contributed by atoms with van der Waals surface area (Å²) in [5.74, 6) is 4.76. The Morgan fingerprint density at radius 3 is 1.23 bits per heavy atom. The van der Waals surface area contributed by atoms with E-state index < -0.39 is 5.41 Å². The fraction of sp³-hybridized carbons (Fsp3) is 0.0192. The van der Waals surface area contributed by atoms with Gasteiger partial charge >= 0.3 is 0 Å². The second-order valence-electron chi connectivity index (χ2n) is 14.3. The van der Waals surface area contributed by atoms with Crippen LogP contribution in [0.1, 0.15) is 22.3 Å². The molecule has 2 heterocycles. The van der Waals surface area contributed by atoms with E-state index in [1.807, 2.05) is 91.0 Å². The van der Waals surface area contributed by atoms with Gasteiger partial charge in [-0.15, -0.1) is 0 Å². The summed E-state index contributed by atoms with van der Waals surface area (Å²) in [5.41, 5.74) is 11.7. The summed E-state index contributed by atoms with van der Waals surface area (Å²) in [6.07, 6.45) is 0. The molecule has 268 valence electrons. The fourth-order valence-electron chi connectivity index (χ4n) is 8.45. The highest BCUT2D eigenvalue weighted by molar-refractivity contribution is 5.87. The number of rotatable bonds is 6. The van der Waals surface area contributed by atoms with Gasteiger partial charge in [0.1, 0.15) is 0 Å². The number of hydrogen-bond acceptors (Lipinski definition) is 5. The van der Waals surface area contributed by atoms with Gasteiger partial charge in [0.15, 0.2) is 40.5 Å². The maximum Gasteiger partial charge on any atom is 0.170 e. The van der Waals surface area contributed by atoms with E-state index in [1.54, 1.807) is 0 Å². The van der Waals surface area contributed by atoms with Crippen molar-refractivity contribution >= 4 is 0 Å². The summed E-state index contributed by atoms with van der Waals surface area (Å²) in [6, 6.07) is 69.3. The minimum atomic E-state index is -0.587. The molecule has 0 unspecified atom stereocenters. The fourth-order valence-corrected chi connectivity index (χ4v) is 8.45. The lowest BCUT2D eigenvalue weighted by Crippen LogP contribution is -2.28. The van der Waals surface area contributed by atoms with E-state index in [4.69, 9.17) is 24.4 Å². The Morgan fingerprint density at radius 1 is 0.298 bits per heavy atom. The third kappa shape index (κ3) is 5.43. The van der Waals surface area contributed by atoms with Gasteiger partial charge in [0.2, 0.25) is 0 Å². The topological polar surface area (TPSA) is 57.1 Å². The third-order valence-electron chi connectivity index (χ3n) is 11.1. The van der Waals surface area contributed by atoms with Crippen LogP contribution < -0.4 is 9.47 Å². The van der Waals surface area contributed by atoms with Gasteiger partial charge in [-0.3, -0.25) is 0 Å². The SMILES string of the molecule is c1ccc(-c2nc(-c3ccccc3)nc(-c3ccc(-c4ccc(C5(c6ccc7c(c6)Oc6ccccc6O7)c6ccccc6-c6ccccc65)cc4)cc3)n2)cc1. The molecule has 2 aliphatic rings. The molecule has 0 saturated heterocycles. The highest BCUT2D eigenvalue weighted by Crippen LogP contribution is 2.57. The third-order valence-corrected chi connectivity index (χ3v) is 11.1. The van der Waals surface area contributed by atoms with Gasteiger partial charge in [-0.2, -0.15) is 0 Å². The number of para-hydroxylation sites is 2. The normalized spacial score (nSPS) is 13.0. The highest BCUT2D eigenvalue weighted by Gasteiger charge is 2.46. The van der Waals surface area contributed by atoms with Crippen molar-refractivity contribution in [3.8, 4) is 79.4 Å². The molecule has 57 heavy (non-hydrogen) atoms. The quantitative estimate of drug-likeness (QED) is 0.170. The number of benzene rings is 8. The van der Waals surface area contributed by atoms with Gasteiger partial charge in [0, 0.05) is 16.7 Å². The molecule has 0 saturated carbocycles. The molecule has 5 heteroatoms. The molecule has 9 aromatic rings. The number of aromatic nitrogens is 3. The first-order valence-electron chi connectivity index (χ1n) is 19.1. The van der Waals surface area contributed by atoms with Crippen molar-refractivity contribution in [2.75, 3.05) is 0 Å². The van der Waals surface area contributed by atoms with Crippen molar-refractivity contribution in [2.24, 2.45) is 0 Å². The van der Waals surface area contributed by atoms with Crippen LogP contribution in [0.2, 0.25) is 0 Å². The summed E-state index contributed by atoms with van der Waals surface area (Å²) in [6.45, 7) is 0. The van der Waals surface area contributed by atoms with Crippen molar-refractivity contribution in [1.82, 2.24) is 15.0 Å². The van der Waals surface area contributed by atoms with Gasteiger partial charge in [0.25, 0.3) is 0 Å². The number of ether oxygens (including phenoxy) is 2. The van der Waals surface area contributed by atoms with Gasteiger partial charge < -0.3 is 9.47 Å². The Morgan fingerprint density at radius 2 is 0.684 bits per heavy atom. The Bertz CT molecular complexity index is 2840. The maximum atomic E-state index is 6.47. The molecule has 5 nitrogen and oxygen atoms in total. The lowest BCUT2D eigenvalue weighted by molar-refractivity contribution is 0.359. The molecule has 0 amide bonds. The zero-order chi connectivity index (χ0) is 37.8. The Labute approximate surface area is 330 Å². The minimum absolute atomic E-state index is 0.587. The largest absolute Gasteiger partial charge is 0.450 e. The first kappa shape index (κ1) is 32.8. The van der Waals surface area contributed by atoms with Crippen LogP contribution in [-0.2, 0) is 5.41 Å². The van der Waals surface area contributed by atoms with Gasteiger partial charge in [0.05, 0.1) is 5.41 Å². The van der Waals surface area contributed by atoms with Crippen molar-refractivity contribution in [3.05, 3.63) is 222 Å². The smallest absolute Gasteiger partial charge is 0.170 e. The number of fused-ring (bicyclic) bond motifs is 5. The first-order valence-corrected chi connectivity index (χ1v) is 19.1. The Kier molecular flexibility index (Phi) is 7.64. The predicted octanol–water partition coefficient (Wildman–Crippen LogP) is 12.8. The predicted molar refractivity (Wildman–Crippen MR) is 225 cm³/mol. The molecule has 1 aliphatic carbocycles. The molecule has 0 fully saturated rings. The van der Waals surface area contributed by atoms with Crippen LogP contribution in [0.4, 0.5) is 0 Å². The summed E-state index contributed by atoms with van der Waals surface area (Å²) < 4.78 is 12.8. The molecule has 8 aromatic carbocycles. The molecule has 11 rings (SSSR count). The molecule has 0 N–H and O–H groups in total. The van der Waals surface area contributed by atoms with Crippen LogP contribution in [-0.4, -0.2) is 15.0 Å². The van der Waals surface area contributed by atoms with Crippen molar-refractivity contribution in [3.63, 3.8) is 0 Å². The van der Waals surface area contributed by atoms with Crippen molar-refractivity contribution in [1.29, 1.82) is 0 Å². The second kappa shape index (κ2) is 13.3. The average molecular weight is 732 g/mol. The van der Waals surface area contributed by atoms with E-state index in [1.165, 1.54) is 27.8 Å². The monoisotopic (exact) mass is 731 g/mol. The van der Waals surface area contributed by atoms with E-state index in [0.29, 0.717) is 34.7 Å². The van der Waals surface area contributed by atoms with E-state index in [0.717, 1.165) is 39.1 Å². The van der Waals surface area contributed by atoms with E-state index >= 15 is 0 Å². The molecule has 0 spiro atoms. The number of nitrogens with zero attached hydrogens (tertiary/aromatic N) is 3. The Balaban J connectivity index is 0.989. The van der Waals surface area contributed by atoms with Crippen molar-refractivity contribution < 1.29 is 9.47 Å². The standard InChI is InChI=1S/C52H33N3O2/c1-3-13-36(14-4-1)49-53-50(37-15-5-2-6-16-37)55-51(54-49)38-25-23-34(24-26-38)35-27-29-39(30-28-35)52(43-19-9-7-17-41(43)42-18-8-10-20-44(42)52)40-31-32-47-48(33-40)57-46-22-12-11-21-45(46)56-47/h1-33H. The van der Waals surface area contributed by atoms with Crippen molar-refractivity contribution in [2.45, 2.75) is 5.41 Å². The lowest BCUT2D eigenvalue weighted by atomic mass is 9.67.